The lowest BCUT2D eigenvalue weighted by atomic mass is 9.89. The van der Waals surface area contributed by atoms with E-state index >= 15 is 0 Å². The molecule has 0 spiro atoms. The molecule has 0 aliphatic carbocycles. The summed E-state index contributed by atoms with van der Waals surface area (Å²) in [7, 11) is 3.10. The molecule has 180 valence electrons. The monoisotopic (exact) mass is 470 g/mol. The molecule has 0 saturated heterocycles. The van der Waals surface area contributed by atoms with Crippen LogP contribution in [0.3, 0.4) is 0 Å². The SMILES string of the molecule is COc1cc(OC)cc(C(=O)C[C@H](Cc2ccccc2)C(=O)N2CC=CCC2c2cccnc2)c1. The van der Waals surface area contributed by atoms with Crippen LogP contribution in [0.1, 0.15) is 40.4 Å². The maximum absolute atomic E-state index is 14.0. The molecule has 1 aliphatic rings. The number of amides is 1. The Bertz CT molecular complexity index is 1160. The number of aromatic nitrogens is 1. The van der Waals surface area contributed by atoms with Crippen LogP contribution in [0.15, 0.2) is 85.2 Å². The van der Waals surface area contributed by atoms with E-state index < -0.39 is 5.92 Å². The summed E-state index contributed by atoms with van der Waals surface area (Å²) >= 11 is 0. The van der Waals surface area contributed by atoms with Crippen LogP contribution in [0.5, 0.6) is 11.5 Å². The molecule has 35 heavy (non-hydrogen) atoms. The fourth-order valence-corrected chi connectivity index (χ4v) is 4.49. The normalized spacial score (nSPS) is 15.9. The second-order valence-electron chi connectivity index (χ2n) is 8.62. The predicted molar refractivity (Wildman–Crippen MR) is 135 cm³/mol. The van der Waals surface area contributed by atoms with Gasteiger partial charge < -0.3 is 14.4 Å². The van der Waals surface area contributed by atoms with E-state index in [-0.39, 0.29) is 24.2 Å². The quantitative estimate of drug-likeness (QED) is 0.323. The summed E-state index contributed by atoms with van der Waals surface area (Å²) in [5.41, 5.74) is 2.48. The number of carbonyl (C=O) groups is 2. The Kier molecular flexibility index (Phi) is 7.93. The minimum atomic E-state index is -0.507. The van der Waals surface area contributed by atoms with Gasteiger partial charge in [0.25, 0.3) is 0 Å². The van der Waals surface area contributed by atoms with Crippen molar-refractivity contribution < 1.29 is 19.1 Å². The van der Waals surface area contributed by atoms with E-state index in [0.29, 0.717) is 30.0 Å². The van der Waals surface area contributed by atoms with Crippen LogP contribution < -0.4 is 9.47 Å². The van der Waals surface area contributed by atoms with Crippen LogP contribution in [-0.4, -0.2) is 42.3 Å². The number of hydrogen-bond donors (Lipinski definition) is 0. The van der Waals surface area contributed by atoms with E-state index in [1.165, 1.54) is 0 Å². The van der Waals surface area contributed by atoms with Gasteiger partial charge in [-0.25, -0.2) is 0 Å². The van der Waals surface area contributed by atoms with E-state index in [0.717, 1.165) is 17.5 Å². The van der Waals surface area contributed by atoms with Crippen LogP contribution in [0, 0.1) is 5.92 Å². The first kappa shape index (κ1) is 24.2. The van der Waals surface area contributed by atoms with Gasteiger partial charge in [-0.3, -0.25) is 14.6 Å². The van der Waals surface area contributed by atoms with Gasteiger partial charge in [-0.1, -0.05) is 48.6 Å². The van der Waals surface area contributed by atoms with E-state index in [4.69, 9.17) is 9.47 Å². The van der Waals surface area contributed by atoms with Crippen molar-refractivity contribution in [3.63, 3.8) is 0 Å². The van der Waals surface area contributed by atoms with Crippen LogP contribution in [0.25, 0.3) is 0 Å². The van der Waals surface area contributed by atoms with Gasteiger partial charge in [0.05, 0.1) is 20.3 Å². The lowest BCUT2D eigenvalue weighted by Gasteiger charge is -2.35. The zero-order valence-corrected chi connectivity index (χ0v) is 20.1. The maximum Gasteiger partial charge on any atom is 0.227 e. The van der Waals surface area contributed by atoms with Gasteiger partial charge in [0.1, 0.15) is 11.5 Å². The number of methoxy groups -OCH3 is 2. The molecule has 1 aliphatic heterocycles. The highest BCUT2D eigenvalue weighted by atomic mass is 16.5. The number of rotatable bonds is 9. The van der Waals surface area contributed by atoms with Crippen molar-refractivity contribution >= 4 is 11.7 Å². The van der Waals surface area contributed by atoms with Gasteiger partial charge in [0.15, 0.2) is 5.78 Å². The second-order valence-corrected chi connectivity index (χ2v) is 8.62. The Morgan fingerprint density at radius 1 is 1.00 bits per heavy atom. The molecule has 0 bridgehead atoms. The Balaban J connectivity index is 1.63. The van der Waals surface area contributed by atoms with Crippen molar-refractivity contribution in [2.75, 3.05) is 20.8 Å². The fourth-order valence-electron chi connectivity index (χ4n) is 4.49. The number of Topliss-reactive ketones (excluding diaryl/α,β-unsaturated/α-hetero) is 1. The summed E-state index contributed by atoms with van der Waals surface area (Å²) in [4.78, 5) is 33.5. The van der Waals surface area contributed by atoms with E-state index in [1.54, 1.807) is 38.6 Å². The van der Waals surface area contributed by atoms with Crippen molar-refractivity contribution in [2.24, 2.45) is 5.92 Å². The van der Waals surface area contributed by atoms with Gasteiger partial charge in [0.2, 0.25) is 5.91 Å². The minimum absolute atomic E-state index is 0.0322. The highest BCUT2D eigenvalue weighted by Crippen LogP contribution is 2.31. The van der Waals surface area contributed by atoms with Crippen molar-refractivity contribution in [2.45, 2.75) is 25.3 Å². The largest absolute Gasteiger partial charge is 0.497 e. The molecule has 2 aromatic carbocycles. The second kappa shape index (κ2) is 11.5. The predicted octanol–water partition coefficient (Wildman–Crippen LogP) is 5.06. The number of ether oxygens (including phenoxy) is 2. The lowest BCUT2D eigenvalue weighted by Crippen LogP contribution is -2.42. The Morgan fingerprint density at radius 3 is 2.40 bits per heavy atom. The van der Waals surface area contributed by atoms with Gasteiger partial charge in [-0.15, -0.1) is 0 Å². The number of pyridine rings is 1. The summed E-state index contributed by atoms with van der Waals surface area (Å²) in [6.45, 7) is 0.505. The Labute approximate surface area is 206 Å². The van der Waals surface area contributed by atoms with Crippen molar-refractivity contribution in [1.29, 1.82) is 0 Å². The molecule has 4 rings (SSSR count). The van der Waals surface area contributed by atoms with Crippen LogP contribution in [0.2, 0.25) is 0 Å². The summed E-state index contributed by atoms with van der Waals surface area (Å²) in [6, 6.07) is 18.7. The maximum atomic E-state index is 14.0. The number of carbonyl (C=O) groups excluding carboxylic acids is 2. The van der Waals surface area contributed by atoms with Crippen molar-refractivity contribution in [1.82, 2.24) is 9.88 Å². The first-order valence-electron chi connectivity index (χ1n) is 11.7. The van der Waals surface area contributed by atoms with Gasteiger partial charge in [-0.05, 0) is 42.2 Å². The van der Waals surface area contributed by atoms with Gasteiger partial charge in [0, 0.05) is 42.9 Å². The highest BCUT2D eigenvalue weighted by molar-refractivity contribution is 5.99. The average Bonchev–Trinajstić information content (AvgIpc) is 2.93. The van der Waals surface area contributed by atoms with Crippen LogP contribution >= 0.6 is 0 Å². The zero-order valence-electron chi connectivity index (χ0n) is 20.1. The number of benzene rings is 2. The molecule has 6 heteroatoms. The molecule has 1 aromatic heterocycles. The standard InChI is InChI=1S/C29H30N2O4/c1-34-25-16-23(17-26(19-25)35-2)28(32)18-24(15-21-9-4-3-5-10-21)29(33)31-14-7-6-12-27(31)22-11-8-13-30-20-22/h3-11,13,16-17,19-20,24,27H,12,14-15,18H2,1-2H3/t24-,27?/m0/s1. The summed E-state index contributed by atoms with van der Waals surface area (Å²) in [6.07, 6.45) is 8.94. The first-order chi connectivity index (χ1) is 17.1. The number of nitrogens with zero attached hydrogens (tertiary/aromatic N) is 2. The van der Waals surface area contributed by atoms with Crippen molar-refractivity contribution in [3.8, 4) is 11.5 Å². The topological polar surface area (TPSA) is 68.7 Å². The van der Waals surface area contributed by atoms with Crippen LogP contribution in [-0.2, 0) is 11.2 Å². The summed E-state index contributed by atoms with van der Waals surface area (Å²) in [5.74, 6) is 0.415. The zero-order chi connectivity index (χ0) is 24.6. The third-order valence-corrected chi connectivity index (χ3v) is 6.34. The van der Waals surface area contributed by atoms with Gasteiger partial charge >= 0.3 is 0 Å². The van der Waals surface area contributed by atoms with E-state index in [2.05, 4.69) is 11.1 Å². The molecule has 0 radical (unpaired) electrons. The molecule has 2 atom stereocenters. The third kappa shape index (κ3) is 5.96. The Morgan fingerprint density at radius 2 is 1.74 bits per heavy atom. The molecular formula is C29H30N2O4. The molecule has 6 nitrogen and oxygen atoms in total. The third-order valence-electron chi connectivity index (χ3n) is 6.34. The van der Waals surface area contributed by atoms with Gasteiger partial charge in [-0.2, -0.15) is 0 Å². The molecular weight excluding hydrogens is 440 g/mol. The average molecular weight is 471 g/mol. The molecule has 1 unspecified atom stereocenters. The smallest absolute Gasteiger partial charge is 0.227 e. The summed E-state index contributed by atoms with van der Waals surface area (Å²) in [5, 5.41) is 0. The molecule has 0 saturated carbocycles. The van der Waals surface area contributed by atoms with E-state index in [9.17, 15) is 9.59 Å². The fraction of sp³-hybridized carbons (Fsp3) is 0.276. The lowest BCUT2D eigenvalue weighted by molar-refractivity contribution is -0.137. The van der Waals surface area contributed by atoms with Crippen molar-refractivity contribution in [3.05, 3.63) is 102 Å². The minimum Gasteiger partial charge on any atom is -0.497 e. The Hall–Kier alpha value is -3.93. The number of hydrogen-bond acceptors (Lipinski definition) is 5. The van der Waals surface area contributed by atoms with Crippen LogP contribution in [0.4, 0.5) is 0 Å². The summed E-state index contributed by atoms with van der Waals surface area (Å²) < 4.78 is 10.7. The molecule has 3 aromatic rings. The molecule has 0 fully saturated rings. The number of ketones is 1. The van der Waals surface area contributed by atoms with E-state index in [1.807, 2.05) is 59.6 Å². The first-order valence-corrected chi connectivity index (χ1v) is 11.7. The molecule has 2 heterocycles. The molecule has 1 amide bonds. The highest BCUT2D eigenvalue weighted by Gasteiger charge is 2.32. The molecule has 0 N–H and O–H groups in total.